The highest BCUT2D eigenvalue weighted by atomic mass is 35.5. The maximum Gasteiger partial charge on any atom is 0.407 e. The Labute approximate surface area is 253 Å². The average Bonchev–Trinajstić information content (AvgIpc) is 3.63. The number of aromatic nitrogens is 1. The van der Waals surface area contributed by atoms with Crippen LogP contribution in [0.2, 0.25) is 5.02 Å². The van der Waals surface area contributed by atoms with Crippen LogP contribution in [0.15, 0.2) is 83.5 Å². The summed E-state index contributed by atoms with van der Waals surface area (Å²) in [4.78, 5) is 40.4. The van der Waals surface area contributed by atoms with E-state index in [1.54, 1.807) is 18.2 Å². The number of hydrogen-bond acceptors (Lipinski definition) is 7. The lowest BCUT2D eigenvalue weighted by atomic mass is 9.98. The van der Waals surface area contributed by atoms with Gasteiger partial charge in [-0.25, -0.2) is 19.4 Å². The molecule has 3 N–H and O–H groups in total. The molecule has 1 unspecified atom stereocenters. The molecule has 0 spiro atoms. The summed E-state index contributed by atoms with van der Waals surface area (Å²) in [6.45, 7) is 0.497. The standard InChI is InChI=1S/C32H30ClN3O7/c33-26-14-6-1-9-20(26)17-42-31(39)34-16-8-7-15-27(29-35-28(19-41-29)30(37)38)36-32(40)43-18-25-23-12-4-2-10-21(23)22-11-3-5-13-24(22)25/h1-6,9-14,19,25,27H,7-8,15-18H2,(H,34,39)(H,36,40)(H,37,38). The minimum absolute atomic E-state index is 0.0493. The Morgan fingerprint density at radius 1 is 0.907 bits per heavy atom. The molecular weight excluding hydrogens is 574 g/mol. The summed E-state index contributed by atoms with van der Waals surface area (Å²) in [7, 11) is 0. The monoisotopic (exact) mass is 603 g/mol. The van der Waals surface area contributed by atoms with Crippen molar-refractivity contribution in [1.29, 1.82) is 0 Å². The Balaban J connectivity index is 1.13. The molecular formula is C32H30ClN3O7. The molecule has 4 aromatic rings. The molecule has 43 heavy (non-hydrogen) atoms. The van der Waals surface area contributed by atoms with E-state index in [0.717, 1.165) is 28.5 Å². The van der Waals surface area contributed by atoms with Crippen LogP contribution in [0.25, 0.3) is 11.1 Å². The number of oxazole rings is 1. The first-order valence-corrected chi connectivity index (χ1v) is 14.2. The summed E-state index contributed by atoms with van der Waals surface area (Å²) in [5, 5.41) is 15.2. The van der Waals surface area contributed by atoms with Crippen LogP contribution in [-0.2, 0) is 16.1 Å². The van der Waals surface area contributed by atoms with E-state index in [2.05, 4.69) is 27.8 Å². The zero-order valence-electron chi connectivity index (χ0n) is 23.1. The van der Waals surface area contributed by atoms with Crippen LogP contribution >= 0.6 is 11.6 Å². The highest BCUT2D eigenvalue weighted by Crippen LogP contribution is 2.44. The number of hydrogen-bond donors (Lipinski definition) is 3. The van der Waals surface area contributed by atoms with Gasteiger partial charge in [-0.05, 0) is 47.6 Å². The Bertz CT molecular complexity index is 1560. The van der Waals surface area contributed by atoms with Gasteiger partial charge in [0.05, 0.1) is 0 Å². The summed E-state index contributed by atoms with van der Waals surface area (Å²) in [5.41, 5.74) is 4.85. The molecule has 1 atom stereocenters. The highest BCUT2D eigenvalue weighted by Gasteiger charge is 2.30. The first kappa shape index (κ1) is 29.7. The van der Waals surface area contributed by atoms with Gasteiger partial charge in [0.25, 0.3) is 0 Å². The zero-order chi connectivity index (χ0) is 30.2. The molecule has 5 rings (SSSR count). The van der Waals surface area contributed by atoms with Crippen molar-refractivity contribution in [3.8, 4) is 11.1 Å². The lowest BCUT2D eigenvalue weighted by Gasteiger charge is -2.18. The number of unbranched alkanes of at least 4 members (excludes halogenated alkanes) is 1. The molecule has 0 aliphatic heterocycles. The van der Waals surface area contributed by atoms with Gasteiger partial charge in [-0.1, -0.05) is 78.3 Å². The number of alkyl carbamates (subject to hydrolysis) is 2. The van der Waals surface area contributed by atoms with Crippen molar-refractivity contribution in [3.05, 3.63) is 112 Å². The van der Waals surface area contributed by atoms with Crippen molar-refractivity contribution >= 4 is 29.8 Å². The van der Waals surface area contributed by atoms with Crippen LogP contribution in [0.4, 0.5) is 9.59 Å². The molecule has 11 heteroatoms. The Hall–Kier alpha value is -4.83. The minimum Gasteiger partial charge on any atom is -0.476 e. The first-order valence-electron chi connectivity index (χ1n) is 13.8. The number of nitrogens with one attached hydrogen (secondary N) is 2. The topological polar surface area (TPSA) is 140 Å². The van der Waals surface area contributed by atoms with E-state index in [1.165, 1.54) is 0 Å². The highest BCUT2D eigenvalue weighted by molar-refractivity contribution is 6.31. The molecule has 3 aromatic carbocycles. The van der Waals surface area contributed by atoms with Crippen molar-refractivity contribution < 1.29 is 33.4 Å². The second-order valence-electron chi connectivity index (χ2n) is 9.99. The second-order valence-corrected chi connectivity index (χ2v) is 10.4. The minimum atomic E-state index is -1.24. The van der Waals surface area contributed by atoms with E-state index in [1.807, 2.05) is 42.5 Å². The van der Waals surface area contributed by atoms with Crippen LogP contribution in [0.3, 0.4) is 0 Å². The first-order chi connectivity index (χ1) is 20.9. The summed E-state index contributed by atoms with van der Waals surface area (Å²) in [6, 6.07) is 22.4. The van der Waals surface area contributed by atoms with E-state index in [0.29, 0.717) is 36.4 Å². The number of carbonyl (C=O) groups excluding carboxylic acids is 2. The van der Waals surface area contributed by atoms with Crippen LogP contribution in [-0.4, -0.2) is 41.4 Å². The van der Waals surface area contributed by atoms with Crippen molar-refractivity contribution in [1.82, 2.24) is 15.6 Å². The van der Waals surface area contributed by atoms with Crippen molar-refractivity contribution in [2.24, 2.45) is 0 Å². The summed E-state index contributed by atoms with van der Waals surface area (Å²) < 4.78 is 16.2. The third-order valence-electron chi connectivity index (χ3n) is 7.18. The molecule has 0 radical (unpaired) electrons. The summed E-state index contributed by atoms with van der Waals surface area (Å²) in [5.74, 6) is -1.30. The van der Waals surface area contributed by atoms with E-state index in [9.17, 15) is 19.5 Å². The summed E-state index contributed by atoms with van der Waals surface area (Å²) >= 11 is 6.09. The molecule has 1 aliphatic carbocycles. The molecule has 0 fully saturated rings. The smallest absolute Gasteiger partial charge is 0.407 e. The molecule has 0 saturated carbocycles. The number of halogens is 1. The van der Waals surface area contributed by atoms with E-state index < -0.39 is 24.2 Å². The quantitative estimate of drug-likeness (QED) is 0.152. The molecule has 0 bridgehead atoms. The van der Waals surface area contributed by atoms with Gasteiger partial charge in [0.15, 0.2) is 5.69 Å². The molecule has 2 amide bonds. The van der Waals surface area contributed by atoms with Crippen molar-refractivity contribution in [2.45, 2.75) is 37.8 Å². The molecule has 1 aliphatic rings. The van der Waals surface area contributed by atoms with Crippen LogP contribution < -0.4 is 10.6 Å². The predicted molar refractivity (Wildman–Crippen MR) is 158 cm³/mol. The van der Waals surface area contributed by atoms with E-state index in [4.69, 9.17) is 25.5 Å². The number of rotatable bonds is 12. The third-order valence-corrected chi connectivity index (χ3v) is 7.55. The fraction of sp³-hybridized carbons (Fsp3) is 0.250. The van der Waals surface area contributed by atoms with Crippen LogP contribution in [0, 0.1) is 0 Å². The lowest BCUT2D eigenvalue weighted by Crippen LogP contribution is -2.31. The van der Waals surface area contributed by atoms with E-state index >= 15 is 0 Å². The number of carbonyl (C=O) groups is 3. The lowest BCUT2D eigenvalue weighted by molar-refractivity contribution is 0.0690. The van der Waals surface area contributed by atoms with Crippen LogP contribution in [0.1, 0.15) is 64.3 Å². The normalized spacial score (nSPS) is 12.6. The number of amides is 2. The molecule has 1 heterocycles. The maximum absolute atomic E-state index is 12.9. The second kappa shape index (κ2) is 13.9. The van der Waals surface area contributed by atoms with Gasteiger partial charge in [0, 0.05) is 23.0 Å². The predicted octanol–water partition coefficient (Wildman–Crippen LogP) is 6.70. The zero-order valence-corrected chi connectivity index (χ0v) is 23.9. The number of benzene rings is 3. The maximum atomic E-state index is 12.9. The van der Waals surface area contributed by atoms with Gasteiger partial charge >= 0.3 is 18.2 Å². The van der Waals surface area contributed by atoms with Gasteiger partial charge < -0.3 is 29.6 Å². The van der Waals surface area contributed by atoms with Crippen molar-refractivity contribution in [3.63, 3.8) is 0 Å². The molecule has 222 valence electrons. The number of carboxylic acids is 1. The average molecular weight is 604 g/mol. The molecule has 10 nitrogen and oxygen atoms in total. The number of carboxylic acid groups (broad SMARTS) is 1. The van der Waals surface area contributed by atoms with Gasteiger partial charge in [0.1, 0.15) is 25.5 Å². The Morgan fingerprint density at radius 2 is 1.58 bits per heavy atom. The van der Waals surface area contributed by atoms with Crippen LogP contribution in [0.5, 0.6) is 0 Å². The fourth-order valence-corrected chi connectivity index (χ4v) is 5.25. The molecule has 0 saturated heterocycles. The fourth-order valence-electron chi connectivity index (χ4n) is 5.06. The third kappa shape index (κ3) is 7.34. The Morgan fingerprint density at radius 3 is 2.26 bits per heavy atom. The summed E-state index contributed by atoms with van der Waals surface area (Å²) in [6.07, 6.45) is 1.23. The SMILES string of the molecule is O=C(NCCCCC(NC(=O)OCC1c2ccccc2-c2ccccc21)c1nc(C(=O)O)co1)OCc1ccccc1Cl. The largest absolute Gasteiger partial charge is 0.476 e. The number of nitrogens with zero attached hydrogens (tertiary/aromatic N) is 1. The van der Waals surface area contributed by atoms with Gasteiger partial charge in [-0.15, -0.1) is 0 Å². The molecule has 1 aromatic heterocycles. The van der Waals surface area contributed by atoms with E-state index in [-0.39, 0.29) is 30.7 Å². The number of fused-ring (bicyclic) bond motifs is 3. The van der Waals surface area contributed by atoms with Gasteiger partial charge in [-0.2, -0.15) is 0 Å². The number of aromatic carboxylic acids is 1. The Kier molecular flexibility index (Phi) is 9.58. The van der Waals surface area contributed by atoms with Gasteiger partial charge in [0.2, 0.25) is 5.89 Å². The van der Waals surface area contributed by atoms with Crippen molar-refractivity contribution in [2.75, 3.05) is 13.2 Å². The number of ether oxygens (including phenoxy) is 2. The van der Waals surface area contributed by atoms with Gasteiger partial charge in [-0.3, -0.25) is 0 Å².